The molecule has 0 amide bonds. The van der Waals surface area contributed by atoms with E-state index in [1.807, 2.05) is 0 Å². The summed E-state index contributed by atoms with van der Waals surface area (Å²) in [6.07, 6.45) is 1.46. The topological polar surface area (TPSA) is 102 Å². The fourth-order valence-electron chi connectivity index (χ4n) is 1.78. The third-order valence-electron chi connectivity index (χ3n) is 2.82. The molecule has 1 heterocycles. The van der Waals surface area contributed by atoms with Crippen molar-refractivity contribution in [1.29, 1.82) is 0 Å². The first kappa shape index (κ1) is 17.6. The van der Waals surface area contributed by atoms with Crippen molar-refractivity contribution in [3.05, 3.63) is 40.8 Å². The molecule has 0 spiro atoms. The Kier molecular flexibility index (Phi) is 6.35. The molecule has 0 bridgehead atoms. The number of hydrogen-bond acceptors (Lipinski definition) is 5. The molecule has 6 nitrogen and oxygen atoms in total. The Morgan fingerprint density at radius 1 is 1.14 bits per heavy atom. The van der Waals surface area contributed by atoms with E-state index in [0.29, 0.717) is 30.5 Å². The van der Waals surface area contributed by atoms with Gasteiger partial charge in [0.1, 0.15) is 5.58 Å². The second-order valence-corrected chi connectivity index (χ2v) is 6.11. The van der Waals surface area contributed by atoms with Crippen molar-refractivity contribution in [2.45, 2.75) is 17.7 Å². The van der Waals surface area contributed by atoms with Gasteiger partial charge in [0.05, 0.1) is 4.90 Å². The van der Waals surface area contributed by atoms with E-state index in [4.69, 9.17) is 10.2 Å². The molecular weight excluding hydrogens is 316 g/mol. The van der Waals surface area contributed by atoms with Crippen molar-refractivity contribution in [2.24, 2.45) is 5.73 Å². The second-order valence-electron chi connectivity index (χ2n) is 4.35. The first-order chi connectivity index (χ1) is 9.53. The van der Waals surface area contributed by atoms with Crippen molar-refractivity contribution in [1.82, 2.24) is 4.72 Å². The predicted octanol–water partition coefficient (Wildman–Crippen LogP) is 1.23. The van der Waals surface area contributed by atoms with Crippen LogP contribution in [0.2, 0.25) is 0 Å². The van der Waals surface area contributed by atoms with Gasteiger partial charge in [0, 0.05) is 18.0 Å². The van der Waals surface area contributed by atoms with Crippen molar-refractivity contribution >= 4 is 33.4 Å². The van der Waals surface area contributed by atoms with Crippen LogP contribution in [0.25, 0.3) is 11.0 Å². The Bertz CT molecular complexity index is 758. The highest BCUT2D eigenvalue weighted by molar-refractivity contribution is 7.89. The summed E-state index contributed by atoms with van der Waals surface area (Å²) in [6.45, 7) is 0.887. The Morgan fingerprint density at radius 2 is 1.90 bits per heavy atom. The SMILES string of the molecule is Cl.NCCCCNS(=O)(=O)c1ccc2oc(=O)ccc2c1. The number of sulfonamides is 1. The maximum absolute atomic E-state index is 12.1. The van der Waals surface area contributed by atoms with Gasteiger partial charge in [0.15, 0.2) is 0 Å². The molecule has 0 aliphatic heterocycles. The number of nitrogens with two attached hydrogens (primary N) is 1. The highest BCUT2D eigenvalue weighted by atomic mass is 35.5. The zero-order valence-electron chi connectivity index (χ0n) is 11.2. The minimum absolute atomic E-state index is 0. The Morgan fingerprint density at radius 3 is 2.62 bits per heavy atom. The molecule has 2 aromatic rings. The van der Waals surface area contributed by atoms with Gasteiger partial charge in [-0.15, -0.1) is 12.4 Å². The van der Waals surface area contributed by atoms with Crippen LogP contribution in [0.4, 0.5) is 0 Å². The molecular formula is C13H17ClN2O4S. The number of rotatable bonds is 6. The van der Waals surface area contributed by atoms with Gasteiger partial charge >= 0.3 is 5.63 Å². The van der Waals surface area contributed by atoms with Crippen LogP contribution in [0.1, 0.15) is 12.8 Å². The maximum Gasteiger partial charge on any atom is 0.336 e. The number of nitrogens with one attached hydrogen (secondary N) is 1. The maximum atomic E-state index is 12.1. The molecule has 2 rings (SSSR count). The van der Waals surface area contributed by atoms with E-state index in [-0.39, 0.29) is 17.3 Å². The van der Waals surface area contributed by atoms with Crippen LogP contribution in [-0.4, -0.2) is 21.5 Å². The van der Waals surface area contributed by atoms with E-state index in [2.05, 4.69) is 4.72 Å². The van der Waals surface area contributed by atoms with Gasteiger partial charge in [-0.25, -0.2) is 17.9 Å². The van der Waals surface area contributed by atoms with Crippen LogP contribution in [0, 0.1) is 0 Å². The van der Waals surface area contributed by atoms with Crippen LogP contribution in [0.5, 0.6) is 0 Å². The summed E-state index contributed by atoms with van der Waals surface area (Å²) >= 11 is 0. The lowest BCUT2D eigenvalue weighted by Gasteiger charge is -2.07. The molecule has 0 fully saturated rings. The lowest BCUT2D eigenvalue weighted by molar-refractivity contribution is 0.560. The van der Waals surface area contributed by atoms with E-state index in [9.17, 15) is 13.2 Å². The molecule has 0 radical (unpaired) electrons. The van der Waals surface area contributed by atoms with Crippen molar-refractivity contribution < 1.29 is 12.8 Å². The molecule has 0 atom stereocenters. The summed E-state index contributed by atoms with van der Waals surface area (Å²) in [5.74, 6) is 0. The molecule has 116 valence electrons. The molecule has 0 aliphatic carbocycles. The average Bonchev–Trinajstić information content (AvgIpc) is 2.43. The third-order valence-corrected chi connectivity index (χ3v) is 4.28. The van der Waals surface area contributed by atoms with Gasteiger partial charge < -0.3 is 10.2 Å². The molecule has 21 heavy (non-hydrogen) atoms. The quantitative estimate of drug-likeness (QED) is 0.612. The largest absolute Gasteiger partial charge is 0.423 e. The fourth-order valence-corrected chi connectivity index (χ4v) is 2.89. The minimum Gasteiger partial charge on any atom is -0.423 e. The average molecular weight is 333 g/mol. The van der Waals surface area contributed by atoms with E-state index in [1.165, 1.54) is 30.3 Å². The van der Waals surface area contributed by atoms with E-state index < -0.39 is 15.6 Å². The Balaban J connectivity index is 0.00000220. The summed E-state index contributed by atoms with van der Waals surface area (Å²) < 4.78 is 31.6. The molecule has 0 unspecified atom stereocenters. The minimum atomic E-state index is -3.55. The molecule has 0 aliphatic rings. The molecule has 1 aromatic heterocycles. The number of hydrogen-bond donors (Lipinski definition) is 2. The van der Waals surface area contributed by atoms with Crippen molar-refractivity contribution in [3.8, 4) is 0 Å². The van der Waals surface area contributed by atoms with Crippen LogP contribution in [-0.2, 0) is 10.0 Å². The van der Waals surface area contributed by atoms with Gasteiger partial charge in [-0.3, -0.25) is 0 Å². The summed E-state index contributed by atoms with van der Waals surface area (Å²) in [7, 11) is -3.55. The van der Waals surface area contributed by atoms with Crippen molar-refractivity contribution in [2.75, 3.05) is 13.1 Å². The first-order valence-corrected chi connectivity index (χ1v) is 7.75. The lowest BCUT2D eigenvalue weighted by atomic mass is 10.2. The van der Waals surface area contributed by atoms with E-state index >= 15 is 0 Å². The van der Waals surface area contributed by atoms with Crippen LogP contribution in [0.15, 0.2) is 44.4 Å². The lowest BCUT2D eigenvalue weighted by Crippen LogP contribution is -2.25. The fraction of sp³-hybridized carbons (Fsp3) is 0.308. The predicted molar refractivity (Wildman–Crippen MR) is 83.2 cm³/mol. The Hall–Kier alpha value is -1.41. The van der Waals surface area contributed by atoms with Crippen molar-refractivity contribution in [3.63, 3.8) is 0 Å². The van der Waals surface area contributed by atoms with Gasteiger partial charge in [-0.1, -0.05) is 0 Å². The number of halogens is 1. The normalized spacial score (nSPS) is 11.3. The zero-order chi connectivity index (χ0) is 14.6. The number of benzene rings is 1. The van der Waals surface area contributed by atoms with Gasteiger partial charge in [-0.05, 0) is 43.7 Å². The van der Waals surface area contributed by atoms with E-state index in [0.717, 1.165) is 6.42 Å². The van der Waals surface area contributed by atoms with Gasteiger partial charge in [-0.2, -0.15) is 0 Å². The summed E-state index contributed by atoms with van der Waals surface area (Å²) in [6, 6.07) is 7.16. The standard InChI is InChI=1S/C13H16N2O4S.ClH/c14-7-1-2-8-15-20(17,18)11-4-5-12-10(9-11)3-6-13(16)19-12;/h3-6,9,15H,1-2,7-8,14H2;1H. The third kappa shape index (κ3) is 4.53. The highest BCUT2D eigenvalue weighted by Crippen LogP contribution is 2.17. The van der Waals surface area contributed by atoms with Gasteiger partial charge in [0.2, 0.25) is 10.0 Å². The summed E-state index contributed by atoms with van der Waals surface area (Å²) in [5.41, 5.74) is 5.25. The second kappa shape index (κ2) is 7.56. The smallest absolute Gasteiger partial charge is 0.336 e. The molecule has 0 saturated carbocycles. The molecule has 0 saturated heterocycles. The molecule has 8 heteroatoms. The zero-order valence-corrected chi connectivity index (χ0v) is 12.9. The summed E-state index contributed by atoms with van der Waals surface area (Å²) in [4.78, 5) is 11.2. The molecule has 1 aromatic carbocycles. The molecule has 3 N–H and O–H groups in total. The van der Waals surface area contributed by atoms with Crippen LogP contribution >= 0.6 is 12.4 Å². The number of unbranched alkanes of at least 4 members (excludes halogenated alkanes) is 1. The monoisotopic (exact) mass is 332 g/mol. The van der Waals surface area contributed by atoms with E-state index in [1.54, 1.807) is 0 Å². The van der Waals surface area contributed by atoms with Gasteiger partial charge in [0.25, 0.3) is 0 Å². The first-order valence-electron chi connectivity index (χ1n) is 6.26. The summed E-state index contributed by atoms with van der Waals surface area (Å²) in [5, 5.41) is 0.564. The number of fused-ring (bicyclic) bond motifs is 1. The highest BCUT2D eigenvalue weighted by Gasteiger charge is 2.14. The Labute approximate surface area is 128 Å². The van der Waals surface area contributed by atoms with Crippen LogP contribution < -0.4 is 16.1 Å². The van der Waals surface area contributed by atoms with Crippen LogP contribution in [0.3, 0.4) is 0 Å².